The van der Waals surface area contributed by atoms with Crippen molar-refractivity contribution in [2.45, 2.75) is 39.7 Å². The van der Waals surface area contributed by atoms with Gasteiger partial charge in [-0.3, -0.25) is 5.43 Å². The molecule has 0 unspecified atom stereocenters. The molecular formula is C10H20N2O2. The summed E-state index contributed by atoms with van der Waals surface area (Å²) in [5.74, 6) is 0.657. The van der Waals surface area contributed by atoms with E-state index < -0.39 is 5.60 Å². The van der Waals surface area contributed by atoms with E-state index in [1.54, 1.807) is 0 Å². The first-order valence-corrected chi connectivity index (χ1v) is 5.11. The highest BCUT2D eigenvalue weighted by Gasteiger charge is 2.22. The third-order valence-electron chi connectivity index (χ3n) is 2.07. The molecule has 1 amide bonds. The Morgan fingerprint density at radius 1 is 1.50 bits per heavy atom. The van der Waals surface area contributed by atoms with Gasteiger partial charge in [0.15, 0.2) is 0 Å². The molecule has 1 fully saturated rings. The van der Waals surface area contributed by atoms with Crippen LogP contribution in [0.2, 0.25) is 0 Å². The normalized spacial score (nSPS) is 23.6. The minimum Gasteiger partial charge on any atom is -0.443 e. The average molecular weight is 200 g/mol. The van der Waals surface area contributed by atoms with Crippen LogP contribution in [0.4, 0.5) is 4.79 Å². The van der Waals surface area contributed by atoms with Gasteiger partial charge in [0.2, 0.25) is 0 Å². The molecule has 0 saturated carbocycles. The van der Waals surface area contributed by atoms with Crippen molar-refractivity contribution >= 4 is 6.09 Å². The van der Waals surface area contributed by atoms with E-state index in [-0.39, 0.29) is 6.09 Å². The summed E-state index contributed by atoms with van der Waals surface area (Å²) in [5.41, 5.74) is 2.32. The number of hydrogen-bond donors (Lipinski definition) is 1. The zero-order chi connectivity index (χ0) is 10.8. The second-order valence-electron chi connectivity index (χ2n) is 4.95. The molecular weight excluding hydrogens is 180 g/mol. The number of nitrogens with one attached hydrogen (secondary N) is 1. The van der Waals surface area contributed by atoms with E-state index >= 15 is 0 Å². The van der Waals surface area contributed by atoms with E-state index in [2.05, 4.69) is 12.3 Å². The molecule has 0 aromatic heterocycles. The molecule has 4 nitrogen and oxygen atoms in total. The molecule has 82 valence electrons. The SMILES string of the molecule is C[C@H]1CCN(NC(=O)OC(C)(C)C)C1. The Morgan fingerprint density at radius 3 is 2.57 bits per heavy atom. The fourth-order valence-electron chi connectivity index (χ4n) is 1.47. The van der Waals surface area contributed by atoms with Gasteiger partial charge >= 0.3 is 6.09 Å². The van der Waals surface area contributed by atoms with Crippen molar-refractivity contribution in [1.29, 1.82) is 0 Å². The van der Waals surface area contributed by atoms with E-state index in [0.29, 0.717) is 5.92 Å². The number of carbonyl (C=O) groups excluding carboxylic acids is 1. The molecule has 0 spiro atoms. The molecule has 1 atom stereocenters. The Kier molecular flexibility index (Phi) is 3.37. The van der Waals surface area contributed by atoms with Gasteiger partial charge in [-0.1, -0.05) is 6.92 Å². The van der Waals surface area contributed by atoms with Gasteiger partial charge in [0.05, 0.1) is 0 Å². The number of carbonyl (C=O) groups is 1. The molecule has 0 aliphatic carbocycles. The molecule has 1 saturated heterocycles. The number of amides is 1. The fraction of sp³-hybridized carbons (Fsp3) is 0.900. The molecule has 1 rings (SSSR count). The highest BCUT2D eigenvalue weighted by Crippen LogP contribution is 2.13. The van der Waals surface area contributed by atoms with E-state index in [1.165, 1.54) is 0 Å². The van der Waals surface area contributed by atoms with Crippen molar-refractivity contribution in [2.24, 2.45) is 5.92 Å². The summed E-state index contributed by atoms with van der Waals surface area (Å²) in [4.78, 5) is 11.3. The highest BCUT2D eigenvalue weighted by molar-refractivity contribution is 5.67. The topological polar surface area (TPSA) is 41.6 Å². The lowest BCUT2D eigenvalue weighted by Gasteiger charge is -2.23. The monoisotopic (exact) mass is 200 g/mol. The quantitative estimate of drug-likeness (QED) is 0.701. The van der Waals surface area contributed by atoms with Crippen LogP contribution in [-0.4, -0.2) is 29.8 Å². The van der Waals surface area contributed by atoms with Crippen LogP contribution in [0.1, 0.15) is 34.1 Å². The van der Waals surface area contributed by atoms with Gasteiger partial charge in [0, 0.05) is 13.1 Å². The van der Waals surface area contributed by atoms with Crippen LogP contribution in [0.25, 0.3) is 0 Å². The van der Waals surface area contributed by atoms with Gasteiger partial charge in [0.1, 0.15) is 5.60 Å². The molecule has 0 aromatic carbocycles. The van der Waals surface area contributed by atoms with Gasteiger partial charge in [-0.25, -0.2) is 9.80 Å². The third-order valence-corrected chi connectivity index (χ3v) is 2.07. The smallest absolute Gasteiger partial charge is 0.422 e. The van der Waals surface area contributed by atoms with Crippen molar-refractivity contribution in [3.05, 3.63) is 0 Å². The minimum absolute atomic E-state index is 0.355. The molecule has 14 heavy (non-hydrogen) atoms. The number of rotatable bonds is 1. The van der Waals surface area contributed by atoms with E-state index in [9.17, 15) is 4.79 Å². The number of ether oxygens (including phenoxy) is 1. The molecule has 1 aliphatic heterocycles. The number of hydrazine groups is 1. The van der Waals surface area contributed by atoms with Crippen molar-refractivity contribution in [3.8, 4) is 0 Å². The maximum absolute atomic E-state index is 11.3. The Bertz CT molecular complexity index is 211. The van der Waals surface area contributed by atoms with Crippen LogP contribution in [-0.2, 0) is 4.74 Å². The van der Waals surface area contributed by atoms with Crippen LogP contribution < -0.4 is 5.43 Å². The van der Waals surface area contributed by atoms with E-state index in [1.807, 2.05) is 25.8 Å². The maximum Gasteiger partial charge on any atom is 0.422 e. The van der Waals surface area contributed by atoms with Crippen molar-refractivity contribution in [1.82, 2.24) is 10.4 Å². The summed E-state index contributed by atoms with van der Waals surface area (Å²) in [6.45, 7) is 9.59. The summed E-state index contributed by atoms with van der Waals surface area (Å²) in [7, 11) is 0. The molecule has 0 aromatic rings. The predicted octanol–water partition coefficient (Wildman–Crippen LogP) is 1.77. The summed E-state index contributed by atoms with van der Waals surface area (Å²) >= 11 is 0. The molecule has 0 radical (unpaired) electrons. The largest absolute Gasteiger partial charge is 0.443 e. The summed E-state index contributed by atoms with van der Waals surface area (Å²) in [6.07, 6.45) is 0.780. The molecule has 0 bridgehead atoms. The van der Waals surface area contributed by atoms with Crippen LogP contribution in [0.15, 0.2) is 0 Å². The molecule has 1 aliphatic rings. The standard InChI is InChI=1S/C10H20N2O2/c1-8-5-6-12(7-8)11-9(13)14-10(2,3)4/h8H,5-7H2,1-4H3,(H,11,13)/t8-/m0/s1. The lowest BCUT2D eigenvalue weighted by molar-refractivity contribution is 0.0361. The lowest BCUT2D eigenvalue weighted by atomic mass is 10.2. The Balaban J connectivity index is 2.27. The molecule has 1 heterocycles. The van der Waals surface area contributed by atoms with Gasteiger partial charge < -0.3 is 4.74 Å². The summed E-state index contributed by atoms with van der Waals surface area (Å²) in [5, 5.41) is 1.92. The molecule has 4 heteroatoms. The predicted molar refractivity (Wildman–Crippen MR) is 54.7 cm³/mol. The van der Waals surface area contributed by atoms with Gasteiger partial charge in [-0.15, -0.1) is 0 Å². The zero-order valence-corrected chi connectivity index (χ0v) is 9.46. The fourth-order valence-corrected chi connectivity index (χ4v) is 1.47. The van der Waals surface area contributed by atoms with Gasteiger partial charge in [-0.2, -0.15) is 0 Å². The third kappa shape index (κ3) is 3.96. The first-order valence-electron chi connectivity index (χ1n) is 5.11. The van der Waals surface area contributed by atoms with Crippen LogP contribution >= 0.6 is 0 Å². The van der Waals surface area contributed by atoms with Gasteiger partial charge in [0.25, 0.3) is 0 Å². The molecule has 1 N–H and O–H groups in total. The summed E-state index contributed by atoms with van der Waals surface area (Å²) < 4.78 is 5.14. The second kappa shape index (κ2) is 4.17. The van der Waals surface area contributed by atoms with Crippen molar-refractivity contribution in [3.63, 3.8) is 0 Å². The zero-order valence-electron chi connectivity index (χ0n) is 9.46. The van der Waals surface area contributed by atoms with Crippen LogP contribution in [0.5, 0.6) is 0 Å². The number of hydrogen-bond acceptors (Lipinski definition) is 3. The minimum atomic E-state index is -0.421. The second-order valence-corrected chi connectivity index (χ2v) is 4.95. The highest BCUT2D eigenvalue weighted by atomic mass is 16.6. The number of nitrogens with zero attached hydrogens (tertiary/aromatic N) is 1. The summed E-state index contributed by atoms with van der Waals surface area (Å²) in [6, 6.07) is 0. The maximum atomic E-state index is 11.3. The average Bonchev–Trinajstić information content (AvgIpc) is 2.30. The van der Waals surface area contributed by atoms with Crippen molar-refractivity contribution in [2.75, 3.05) is 13.1 Å². The van der Waals surface area contributed by atoms with Crippen LogP contribution in [0.3, 0.4) is 0 Å². The Morgan fingerprint density at radius 2 is 2.14 bits per heavy atom. The Hall–Kier alpha value is -0.770. The van der Waals surface area contributed by atoms with E-state index in [4.69, 9.17) is 4.74 Å². The first kappa shape index (κ1) is 11.3. The van der Waals surface area contributed by atoms with Crippen LogP contribution in [0, 0.1) is 5.92 Å². The Labute approximate surface area is 85.6 Å². The lowest BCUT2D eigenvalue weighted by Crippen LogP contribution is -2.43. The first-order chi connectivity index (χ1) is 6.37. The van der Waals surface area contributed by atoms with Gasteiger partial charge in [-0.05, 0) is 33.1 Å². The van der Waals surface area contributed by atoms with E-state index in [0.717, 1.165) is 19.5 Å². The van der Waals surface area contributed by atoms with Crippen molar-refractivity contribution < 1.29 is 9.53 Å².